The Hall–Kier alpha value is -2.26. The van der Waals surface area contributed by atoms with Crippen LogP contribution in [0.25, 0.3) is 5.69 Å². The molecule has 0 aliphatic heterocycles. The number of benzene rings is 1. The van der Waals surface area contributed by atoms with Gasteiger partial charge < -0.3 is 4.90 Å². The van der Waals surface area contributed by atoms with E-state index in [1.54, 1.807) is 33.3 Å². The van der Waals surface area contributed by atoms with Gasteiger partial charge in [-0.05, 0) is 54.9 Å². The lowest BCUT2D eigenvalue weighted by Gasteiger charge is -2.09. The molecular weight excluding hydrogens is 329 g/mol. The van der Waals surface area contributed by atoms with Crippen molar-refractivity contribution in [2.24, 2.45) is 0 Å². The summed E-state index contributed by atoms with van der Waals surface area (Å²) in [5, 5.41) is 17.1. The minimum Gasteiger partial charge on any atom is -0.308 e. The molecule has 0 aliphatic rings. The quantitative estimate of drug-likeness (QED) is 0.608. The van der Waals surface area contributed by atoms with Crippen molar-refractivity contribution >= 4 is 11.8 Å². The lowest BCUT2D eigenvalue weighted by Crippen LogP contribution is -2.19. The van der Waals surface area contributed by atoms with E-state index in [0.717, 1.165) is 29.6 Å². The first-order valence-corrected chi connectivity index (χ1v) is 8.44. The van der Waals surface area contributed by atoms with E-state index < -0.39 is 0 Å². The third-order valence-corrected chi connectivity index (χ3v) is 4.33. The maximum Gasteiger partial charge on any atom is 0.209 e. The van der Waals surface area contributed by atoms with Gasteiger partial charge in [-0.25, -0.2) is 13.8 Å². The van der Waals surface area contributed by atoms with E-state index in [2.05, 4.69) is 25.5 Å². The molecule has 0 spiro atoms. The highest BCUT2D eigenvalue weighted by Crippen LogP contribution is 2.19. The molecule has 0 saturated carbocycles. The first-order chi connectivity index (χ1) is 11.6. The Labute approximate surface area is 143 Å². The van der Waals surface area contributed by atoms with Crippen LogP contribution in [0.5, 0.6) is 0 Å². The topological polar surface area (TPSA) is 64.7 Å². The maximum absolute atomic E-state index is 13.0. The zero-order valence-electron chi connectivity index (χ0n) is 13.5. The van der Waals surface area contributed by atoms with E-state index in [4.69, 9.17) is 0 Å². The van der Waals surface area contributed by atoms with E-state index >= 15 is 0 Å². The highest BCUT2D eigenvalue weighted by Gasteiger charge is 2.09. The van der Waals surface area contributed by atoms with Gasteiger partial charge in [0, 0.05) is 18.5 Å². The molecule has 0 aliphatic carbocycles. The number of likely N-dealkylation sites (N-methyl/N-ethyl adjacent to an activating group) is 1. The maximum atomic E-state index is 13.0. The molecule has 2 aromatic heterocycles. The van der Waals surface area contributed by atoms with Crippen LogP contribution < -0.4 is 0 Å². The van der Waals surface area contributed by atoms with Crippen LogP contribution in [0.1, 0.15) is 5.69 Å². The van der Waals surface area contributed by atoms with Crippen molar-refractivity contribution in [1.82, 2.24) is 34.9 Å². The van der Waals surface area contributed by atoms with Crippen molar-refractivity contribution in [3.05, 3.63) is 48.0 Å². The largest absolute Gasteiger partial charge is 0.308 e. The molecule has 0 atom stereocenters. The Bertz CT molecular complexity index is 781. The Kier molecular flexibility index (Phi) is 5.21. The number of hydrogen-bond donors (Lipinski definition) is 0. The lowest BCUT2D eigenvalue weighted by atomic mass is 10.3. The van der Waals surface area contributed by atoms with Crippen LogP contribution >= 0.6 is 11.8 Å². The van der Waals surface area contributed by atoms with Gasteiger partial charge in [0.1, 0.15) is 5.82 Å². The van der Waals surface area contributed by atoms with Crippen molar-refractivity contribution in [3.8, 4) is 5.69 Å². The summed E-state index contributed by atoms with van der Waals surface area (Å²) in [7, 11) is 4.03. The molecule has 3 rings (SSSR count). The monoisotopic (exact) mass is 347 g/mol. The molecule has 2 heterocycles. The van der Waals surface area contributed by atoms with Crippen LogP contribution in [0.3, 0.4) is 0 Å². The van der Waals surface area contributed by atoms with Crippen molar-refractivity contribution in [1.29, 1.82) is 0 Å². The summed E-state index contributed by atoms with van der Waals surface area (Å²) < 4.78 is 16.5. The zero-order valence-corrected chi connectivity index (χ0v) is 14.3. The van der Waals surface area contributed by atoms with Gasteiger partial charge >= 0.3 is 0 Å². The van der Waals surface area contributed by atoms with E-state index in [1.165, 1.54) is 12.1 Å². The minimum absolute atomic E-state index is 0.258. The molecule has 24 heavy (non-hydrogen) atoms. The fourth-order valence-electron chi connectivity index (χ4n) is 2.05. The van der Waals surface area contributed by atoms with Crippen LogP contribution in [-0.2, 0) is 12.3 Å². The molecule has 0 unspecified atom stereocenters. The van der Waals surface area contributed by atoms with Crippen molar-refractivity contribution < 1.29 is 4.39 Å². The predicted molar refractivity (Wildman–Crippen MR) is 89.5 cm³/mol. The Morgan fingerprint density at radius 1 is 1.17 bits per heavy atom. The summed E-state index contributed by atoms with van der Waals surface area (Å²) in [6, 6.07) is 8.17. The van der Waals surface area contributed by atoms with Gasteiger partial charge in [0.15, 0.2) is 0 Å². The van der Waals surface area contributed by atoms with Crippen LogP contribution in [-0.4, -0.2) is 55.5 Å². The number of rotatable bonds is 7. The molecule has 0 saturated heterocycles. The summed E-state index contributed by atoms with van der Waals surface area (Å²) >= 11 is 1.54. The zero-order chi connectivity index (χ0) is 16.9. The van der Waals surface area contributed by atoms with Crippen LogP contribution in [0.2, 0.25) is 0 Å². The Morgan fingerprint density at radius 3 is 2.71 bits per heavy atom. The second-order valence-corrected chi connectivity index (χ2v) is 6.45. The van der Waals surface area contributed by atoms with E-state index in [9.17, 15) is 4.39 Å². The second kappa shape index (κ2) is 7.54. The van der Waals surface area contributed by atoms with E-state index in [0.29, 0.717) is 5.75 Å². The number of halogens is 1. The average Bonchev–Trinajstić information content (AvgIpc) is 3.21. The van der Waals surface area contributed by atoms with Gasteiger partial charge in [-0.3, -0.25) is 0 Å². The minimum atomic E-state index is -0.258. The smallest absolute Gasteiger partial charge is 0.209 e. The number of tetrazole rings is 1. The highest BCUT2D eigenvalue weighted by molar-refractivity contribution is 7.98. The van der Waals surface area contributed by atoms with Crippen molar-refractivity contribution in [2.45, 2.75) is 17.5 Å². The standard InChI is InChI=1S/C15H18FN7S/c1-21(2)9-10-23-15(17-19-20-23)24-11-13-7-8-22(18-13)14-5-3-12(16)4-6-14/h3-8H,9-11H2,1-2H3. The fourth-order valence-corrected chi connectivity index (χ4v) is 2.85. The molecule has 0 bridgehead atoms. The normalized spacial score (nSPS) is 11.3. The molecule has 0 amide bonds. The number of nitrogens with zero attached hydrogens (tertiary/aromatic N) is 7. The molecule has 7 nitrogen and oxygen atoms in total. The van der Waals surface area contributed by atoms with Gasteiger partial charge in [0.25, 0.3) is 0 Å². The number of thioether (sulfide) groups is 1. The lowest BCUT2D eigenvalue weighted by molar-refractivity contribution is 0.361. The SMILES string of the molecule is CN(C)CCn1nnnc1SCc1ccn(-c2ccc(F)cc2)n1. The molecule has 0 fully saturated rings. The second-order valence-electron chi connectivity index (χ2n) is 5.50. The van der Waals surface area contributed by atoms with Gasteiger partial charge in [-0.1, -0.05) is 11.8 Å². The van der Waals surface area contributed by atoms with E-state index in [-0.39, 0.29) is 5.82 Å². The average molecular weight is 347 g/mol. The summed E-state index contributed by atoms with van der Waals surface area (Å²) in [5.74, 6) is 0.405. The fraction of sp³-hybridized carbons (Fsp3) is 0.333. The molecule has 0 N–H and O–H groups in total. The van der Waals surface area contributed by atoms with Gasteiger partial charge in [0.2, 0.25) is 5.16 Å². The van der Waals surface area contributed by atoms with Crippen molar-refractivity contribution in [2.75, 3.05) is 20.6 Å². The van der Waals surface area contributed by atoms with Gasteiger partial charge in [-0.15, -0.1) is 5.10 Å². The molecular formula is C15H18FN7S. The first kappa shape index (κ1) is 16.6. The van der Waals surface area contributed by atoms with E-state index in [1.807, 2.05) is 26.4 Å². The summed E-state index contributed by atoms with van der Waals surface area (Å²) in [4.78, 5) is 2.08. The number of aromatic nitrogens is 6. The summed E-state index contributed by atoms with van der Waals surface area (Å²) in [5.41, 5.74) is 1.73. The molecule has 9 heteroatoms. The Morgan fingerprint density at radius 2 is 1.96 bits per heavy atom. The molecule has 0 radical (unpaired) electrons. The highest BCUT2D eigenvalue weighted by atomic mass is 32.2. The molecule has 3 aromatic rings. The van der Waals surface area contributed by atoms with Crippen LogP contribution in [0, 0.1) is 5.82 Å². The molecule has 126 valence electrons. The number of hydrogen-bond acceptors (Lipinski definition) is 6. The van der Waals surface area contributed by atoms with Gasteiger partial charge in [0.05, 0.1) is 17.9 Å². The summed E-state index contributed by atoms with van der Waals surface area (Å²) in [6.45, 7) is 1.62. The predicted octanol–water partition coefficient (Wildman–Crippen LogP) is 1.85. The third-order valence-electron chi connectivity index (χ3n) is 3.34. The van der Waals surface area contributed by atoms with Crippen LogP contribution in [0.15, 0.2) is 41.7 Å². The Balaban J connectivity index is 1.62. The third kappa shape index (κ3) is 4.18. The van der Waals surface area contributed by atoms with Crippen LogP contribution in [0.4, 0.5) is 4.39 Å². The summed E-state index contributed by atoms with van der Waals surface area (Å²) in [6.07, 6.45) is 1.86. The van der Waals surface area contributed by atoms with Gasteiger partial charge in [-0.2, -0.15) is 5.10 Å². The van der Waals surface area contributed by atoms with Crippen molar-refractivity contribution in [3.63, 3.8) is 0 Å². The molecule has 1 aromatic carbocycles. The first-order valence-electron chi connectivity index (χ1n) is 7.46.